The first-order chi connectivity index (χ1) is 15.6. The molecule has 3 aromatic carbocycles. The molecular weight excluding hydrogens is 394 g/mol. The quantitative estimate of drug-likeness (QED) is 0.390. The van der Waals surface area contributed by atoms with E-state index in [4.69, 9.17) is 0 Å². The molecule has 1 heterocycles. The van der Waals surface area contributed by atoms with E-state index in [-0.39, 0.29) is 23.7 Å². The molecule has 0 saturated carbocycles. The highest BCUT2D eigenvalue weighted by molar-refractivity contribution is 6.24. The second kappa shape index (κ2) is 7.90. The molecule has 3 nitrogen and oxygen atoms in total. The van der Waals surface area contributed by atoms with Crippen LogP contribution in [0.5, 0.6) is 0 Å². The Morgan fingerprint density at radius 1 is 0.781 bits per heavy atom. The van der Waals surface area contributed by atoms with E-state index in [9.17, 15) is 9.59 Å². The van der Waals surface area contributed by atoms with Gasteiger partial charge in [-0.15, -0.1) is 0 Å². The molecule has 3 aromatic rings. The number of anilines is 1. The molecule has 160 valence electrons. The maximum atomic E-state index is 14.1. The number of carbonyl (C=O) groups is 2. The molecule has 1 saturated heterocycles. The second-order valence-corrected chi connectivity index (χ2v) is 8.97. The summed E-state index contributed by atoms with van der Waals surface area (Å²) in [5.74, 6) is -0.988. The lowest BCUT2D eigenvalue weighted by atomic mass is 9.58. The number of hydrogen-bond donors (Lipinski definition) is 0. The van der Waals surface area contributed by atoms with Crippen molar-refractivity contribution in [2.45, 2.75) is 32.1 Å². The molecule has 4 atom stereocenters. The van der Waals surface area contributed by atoms with Crippen LogP contribution in [0.15, 0.2) is 97.1 Å². The Kier molecular flexibility index (Phi) is 5.05. The molecule has 32 heavy (non-hydrogen) atoms. The number of hydrogen-bond acceptors (Lipinski definition) is 2. The predicted molar refractivity (Wildman–Crippen MR) is 127 cm³/mol. The fraction of sp³-hybridized carbons (Fsp3) is 0.241. The molecule has 2 amide bonds. The number of nitrogens with zero attached hydrogens (tertiary/aromatic N) is 1. The van der Waals surface area contributed by atoms with Crippen LogP contribution in [-0.4, -0.2) is 11.8 Å². The van der Waals surface area contributed by atoms with E-state index in [0.29, 0.717) is 5.69 Å². The predicted octanol–water partition coefficient (Wildman–Crippen LogP) is 5.88. The van der Waals surface area contributed by atoms with Crippen molar-refractivity contribution in [3.8, 4) is 0 Å². The standard InChI is InChI=1S/C29H27NO2/c1-3-20-14-16-23(17-15-20)30-27(31)26-24(21-10-6-4-7-11-21)18-19-25(29(26,2)28(30)32)22-12-8-5-9-13-22/h4-19,24-26H,3H2,1-2H3/t24-,25+,26-,29-/m0/s1. The van der Waals surface area contributed by atoms with Crippen LogP contribution < -0.4 is 4.90 Å². The van der Waals surface area contributed by atoms with Crippen molar-refractivity contribution >= 4 is 17.5 Å². The van der Waals surface area contributed by atoms with E-state index >= 15 is 0 Å². The summed E-state index contributed by atoms with van der Waals surface area (Å²) in [5, 5.41) is 0. The summed E-state index contributed by atoms with van der Waals surface area (Å²) in [7, 11) is 0. The first kappa shape index (κ1) is 20.4. The molecule has 0 N–H and O–H groups in total. The average molecular weight is 422 g/mol. The molecule has 0 bridgehead atoms. The number of imide groups is 1. The molecular formula is C29H27NO2. The lowest BCUT2D eigenvalue weighted by Gasteiger charge is -2.41. The molecule has 1 fully saturated rings. The molecule has 5 rings (SSSR count). The van der Waals surface area contributed by atoms with E-state index in [0.717, 1.165) is 17.5 Å². The van der Waals surface area contributed by atoms with E-state index in [1.165, 1.54) is 10.5 Å². The molecule has 3 heteroatoms. The maximum Gasteiger partial charge on any atom is 0.241 e. The minimum absolute atomic E-state index is 0.110. The molecule has 2 aliphatic rings. The Morgan fingerprint density at radius 3 is 1.97 bits per heavy atom. The number of benzene rings is 3. The topological polar surface area (TPSA) is 37.4 Å². The number of aryl methyl sites for hydroxylation is 1. The van der Waals surface area contributed by atoms with E-state index < -0.39 is 11.3 Å². The Hall–Kier alpha value is -3.46. The molecule has 0 unspecified atom stereocenters. The molecule has 0 aromatic heterocycles. The highest BCUT2D eigenvalue weighted by Crippen LogP contribution is 2.57. The van der Waals surface area contributed by atoms with Crippen molar-refractivity contribution in [3.63, 3.8) is 0 Å². The zero-order valence-electron chi connectivity index (χ0n) is 18.4. The van der Waals surface area contributed by atoms with Gasteiger partial charge in [-0.05, 0) is 42.2 Å². The molecule has 1 aliphatic carbocycles. The van der Waals surface area contributed by atoms with Gasteiger partial charge in [0.1, 0.15) is 0 Å². The lowest BCUT2D eigenvalue weighted by molar-refractivity contribution is -0.127. The summed E-state index contributed by atoms with van der Waals surface area (Å²) in [4.78, 5) is 29.4. The largest absolute Gasteiger partial charge is 0.274 e. The lowest BCUT2D eigenvalue weighted by Crippen LogP contribution is -2.42. The number of rotatable bonds is 4. The van der Waals surface area contributed by atoms with Gasteiger partial charge in [0.05, 0.1) is 17.0 Å². The normalized spacial score (nSPS) is 26.9. The van der Waals surface area contributed by atoms with Gasteiger partial charge in [0.2, 0.25) is 11.8 Å². The van der Waals surface area contributed by atoms with Gasteiger partial charge < -0.3 is 0 Å². The number of fused-ring (bicyclic) bond motifs is 1. The Balaban J connectivity index is 1.66. The third-order valence-corrected chi connectivity index (χ3v) is 7.26. The van der Waals surface area contributed by atoms with Crippen LogP contribution in [-0.2, 0) is 16.0 Å². The van der Waals surface area contributed by atoms with Crippen molar-refractivity contribution in [2.75, 3.05) is 4.90 Å². The van der Waals surface area contributed by atoms with Crippen LogP contribution in [0, 0.1) is 11.3 Å². The number of amides is 2. The Morgan fingerprint density at radius 2 is 1.38 bits per heavy atom. The van der Waals surface area contributed by atoms with Crippen LogP contribution in [0.4, 0.5) is 5.69 Å². The van der Waals surface area contributed by atoms with Crippen LogP contribution in [0.25, 0.3) is 0 Å². The average Bonchev–Trinajstić information content (AvgIpc) is 3.05. The Bertz CT molecular complexity index is 1170. The van der Waals surface area contributed by atoms with Crippen molar-refractivity contribution in [1.82, 2.24) is 0 Å². The van der Waals surface area contributed by atoms with Gasteiger partial charge in [0.15, 0.2) is 0 Å². The van der Waals surface area contributed by atoms with Crippen molar-refractivity contribution in [1.29, 1.82) is 0 Å². The van der Waals surface area contributed by atoms with Gasteiger partial charge in [0.25, 0.3) is 0 Å². The van der Waals surface area contributed by atoms with Crippen molar-refractivity contribution in [2.24, 2.45) is 11.3 Å². The van der Waals surface area contributed by atoms with Crippen LogP contribution in [0.2, 0.25) is 0 Å². The third kappa shape index (κ3) is 3.03. The summed E-state index contributed by atoms with van der Waals surface area (Å²) < 4.78 is 0. The minimum atomic E-state index is -0.864. The first-order valence-electron chi connectivity index (χ1n) is 11.3. The van der Waals surface area contributed by atoms with Crippen LogP contribution in [0.1, 0.15) is 42.4 Å². The summed E-state index contributed by atoms with van der Waals surface area (Å²) in [5.41, 5.74) is 3.11. The van der Waals surface area contributed by atoms with Gasteiger partial charge in [-0.25, -0.2) is 4.90 Å². The molecule has 0 radical (unpaired) electrons. The van der Waals surface area contributed by atoms with E-state index in [1.807, 2.05) is 67.6 Å². The molecule has 0 spiro atoms. The maximum absolute atomic E-state index is 14.1. The van der Waals surface area contributed by atoms with Crippen molar-refractivity contribution in [3.05, 3.63) is 114 Å². The van der Waals surface area contributed by atoms with Gasteiger partial charge in [-0.3, -0.25) is 9.59 Å². The summed E-state index contributed by atoms with van der Waals surface area (Å²) in [6.45, 7) is 4.08. The first-order valence-corrected chi connectivity index (χ1v) is 11.3. The molecule has 1 aliphatic heterocycles. The number of carbonyl (C=O) groups excluding carboxylic acids is 2. The third-order valence-electron chi connectivity index (χ3n) is 7.26. The van der Waals surface area contributed by atoms with E-state index in [1.54, 1.807) is 0 Å². The van der Waals surface area contributed by atoms with Gasteiger partial charge in [-0.2, -0.15) is 0 Å². The van der Waals surface area contributed by atoms with Crippen LogP contribution >= 0.6 is 0 Å². The van der Waals surface area contributed by atoms with E-state index in [2.05, 4.69) is 43.3 Å². The summed E-state index contributed by atoms with van der Waals surface area (Å²) in [6.07, 6.45) is 5.19. The smallest absolute Gasteiger partial charge is 0.241 e. The SMILES string of the molecule is CCc1ccc(N2C(=O)[C@@H]3[C@H](c4ccccc4)C=C[C@H](c4ccccc4)[C@]3(C)C2=O)cc1. The summed E-state index contributed by atoms with van der Waals surface area (Å²) >= 11 is 0. The fourth-order valence-electron chi connectivity index (χ4n) is 5.49. The monoisotopic (exact) mass is 421 g/mol. The van der Waals surface area contributed by atoms with Gasteiger partial charge in [0, 0.05) is 11.8 Å². The van der Waals surface area contributed by atoms with Crippen molar-refractivity contribution < 1.29 is 9.59 Å². The fourth-order valence-corrected chi connectivity index (χ4v) is 5.49. The minimum Gasteiger partial charge on any atom is -0.274 e. The number of allylic oxidation sites excluding steroid dienone is 2. The van der Waals surface area contributed by atoms with Crippen LogP contribution in [0.3, 0.4) is 0 Å². The van der Waals surface area contributed by atoms with Gasteiger partial charge in [-0.1, -0.05) is 91.9 Å². The Labute approximate surface area is 189 Å². The highest BCUT2D eigenvalue weighted by Gasteiger charge is 2.63. The second-order valence-electron chi connectivity index (χ2n) is 8.97. The van der Waals surface area contributed by atoms with Gasteiger partial charge >= 0.3 is 0 Å². The zero-order valence-corrected chi connectivity index (χ0v) is 18.4. The summed E-state index contributed by atoms with van der Waals surface area (Å²) in [6, 6.07) is 27.9. The zero-order chi connectivity index (χ0) is 22.3. The highest BCUT2D eigenvalue weighted by atomic mass is 16.2.